The van der Waals surface area contributed by atoms with Crippen molar-refractivity contribution in [3.8, 4) is 0 Å². The summed E-state index contributed by atoms with van der Waals surface area (Å²) in [5, 5.41) is 21.8. The molecule has 0 bridgehead atoms. The largest absolute Gasteiger partial charge is 0.388 e. The maximum absolute atomic E-state index is 12.9. The highest BCUT2D eigenvalue weighted by atomic mass is 16.7. The molecule has 1 aliphatic heterocycles. The quantitative estimate of drug-likeness (QED) is 0.400. The van der Waals surface area contributed by atoms with E-state index in [4.69, 9.17) is 9.47 Å². The minimum atomic E-state index is -1.25. The Labute approximate surface area is 231 Å². The Morgan fingerprint density at radius 3 is 2.42 bits per heavy atom. The van der Waals surface area contributed by atoms with Gasteiger partial charge in [0.15, 0.2) is 6.29 Å². The summed E-state index contributed by atoms with van der Waals surface area (Å²) in [6.07, 6.45) is 9.32. The first-order valence-corrected chi connectivity index (χ1v) is 15.4. The van der Waals surface area contributed by atoms with Crippen LogP contribution in [0.25, 0.3) is 0 Å². The normalized spacial score (nSPS) is 49.2. The molecule has 5 aliphatic rings. The zero-order valence-electron chi connectivity index (χ0n) is 25.5. The van der Waals surface area contributed by atoms with Crippen LogP contribution in [0.15, 0.2) is 11.6 Å². The number of carbonyl (C=O) groups is 1. The van der Waals surface area contributed by atoms with Crippen LogP contribution in [0.3, 0.4) is 0 Å². The minimum Gasteiger partial charge on any atom is -0.388 e. The molecule has 10 unspecified atom stereocenters. The number of allylic oxidation sites excluding steroid dienone is 2. The van der Waals surface area contributed by atoms with E-state index in [1.165, 1.54) is 19.3 Å². The molecule has 4 aliphatic carbocycles. The van der Waals surface area contributed by atoms with Gasteiger partial charge in [-0.3, -0.25) is 4.79 Å². The van der Waals surface area contributed by atoms with Crippen LogP contribution in [0.5, 0.6) is 0 Å². The number of fused-ring (bicyclic) bond motifs is 5. The van der Waals surface area contributed by atoms with Gasteiger partial charge < -0.3 is 19.7 Å². The van der Waals surface area contributed by atoms with Crippen LogP contribution >= 0.6 is 0 Å². The summed E-state index contributed by atoms with van der Waals surface area (Å²) in [5.41, 5.74) is -0.252. The SMILES string of the molecule is CCOC1OC(C)(C(O)C(C)(C)O)CC1C1CCC2(C)C3=CCC4C(C)(C)C(=O)CCC4(C)C3CCC12C. The summed E-state index contributed by atoms with van der Waals surface area (Å²) in [6, 6.07) is 0. The lowest BCUT2D eigenvalue weighted by atomic mass is 9.41. The molecular weight excluding hydrogens is 476 g/mol. The number of ether oxygens (including phenoxy) is 2. The van der Waals surface area contributed by atoms with Gasteiger partial charge in [-0.15, -0.1) is 0 Å². The highest BCUT2D eigenvalue weighted by molar-refractivity contribution is 5.85. The van der Waals surface area contributed by atoms with Crippen molar-refractivity contribution in [3.05, 3.63) is 11.6 Å². The molecule has 5 heteroatoms. The van der Waals surface area contributed by atoms with Gasteiger partial charge in [0.25, 0.3) is 0 Å². The molecule has 0 aromatic heterocycles. The first-order chi connectivity index (χ1) is 17.5. The third-order valence-electron chi connectivity index (χ3n) is 13.1. The van der Waals surface area contributed by atoms with Gasteiger partial charge in [-0.25, -0.2) is 0 Å². The van der Waals surface area contributed by atoms with Crippen LogP contribution in [0.1, 0.15) is 114 Å². The highest BCUT2D eigenvalue weighted by Crippen LogP contribution is 2.74. The number of hydrogen-bond donors (Lipinski definition) is 2. The molecule has 216 valence electrons. The number of ketones is 1. The monoisotopic (exact) mass is 530 g/mol. The van der Waals surface area contributed by atoms with Crippen LogP contribution < -0.4 is 0 Å². The number of rotatable bonds is 5. The van der Waals surface area contributed by atoms with Gasteiger partial charge in [0.1, 0.15) is 11.9 Å². The van der Waals surface area contributed by atoms with Crippen LogP contribution in [-0.4, -0.2) is 46.2 Å². The van der Waals surface area contributed by atoms with Crippen molar-refractivity contribution in [1.82, 2.24) is 0 Å². The van der Waals surface area contributed by atoms with Gasteiger partial charge in [0, 0.05) is 24.4 Å². The van der Waals surface area contributed by atoms with Crippen molar-refractivity contribution in [2.45, 2.75) is 137 Å². The van der Waals surface area contributed by atoms with Gasteiger partial charge in [0.05, 0.1) is 11.2 Å². The molecular formula is C33H54O5. The minimum absolute atomic E-state index is 0.116. The summed E-state index contributed by atoms with van der Waals surface area (Å²) in [5.74, 6) is 2.03. The molecule has 5 rings (SSSR count). The first kappa shape index (κ1) is 28.8. The third-order valence-corrected chi connectivity index (χ3v) is 13.1. The average molecular weight is 531 g/mol. The number of aliphatic hydroxyl groups is 2. The van der Waals surface area contributed by atoms with Crippen molar-refractivity contribution < 1.29 is 24.5 Å². The predicted octanol–water partition coefficient (Wildman–Crippen LogP) is 6.45. The Morgan fingerprint density at radius 1 is 1.11 bits per heavy atom. The second-order valence-electron chi connectivity index (χ2n) is 15.8. The van der Waals surface area contributed by atoms with Crippen molar-refractivity contribution in [1.29, 1.82) is 0 Å². The molecule has 0 amide bonds. The molecule has 4 fully saturated rings. The fourth-order valence-electron chi connectivity index (χ4n) is 10.8. The van der Waals surface area contributed by atoms with Crippen molar-refractivity contribution in [2.24, 2.45) is 45.3 Å². The molecule has 0 spiro atoms. The predicted molar refractivity (Wildman–Crippen MR) is 149 cm³/mol. The van der Waals surface area contributed by atoms with E-state index >= 15 is 0 Å². The summed E-state index contributed by atoms with van der Waals surface area (Å²) < 4.78 is 12.7. The fraction of sp³-hybridized carbons (Fsp3) is 0.909. The van der Waals surface area contributed by atoms with E-state index in [9.17, 15) is 15.0 Å². The van der Waals surface area contributed by atoms with Crippen LogP contribution in [-0.2, 0) is 14.3 Å². The molecule has 0 radical (unpaired) electrons. The Morgan fingerprint density at radius 2 is 1.79 bits per heavy atom. The molecule has 0 aromatic carbocycles. The molecule has 2 N–H and O–H groups in total. The zero-order valence-corrected chi connectivity index (χ0v) is 25.5. The van der Waals surface area contributed by atoms with E-state index in [1.807, 2.05) is 13.8 Å². The Hall–Kier alpha value is -0.750. The topological polar surface area (TPSA) is 76.0 Å². The number of hydrogen-bond acceptors (Lipinski definition) is 5. The van der Waals surface area contributed by atoms with Crippen LogP contribution in [0, 0.1) is 45.3 Å². The summed E-state index contributed by atoms with van der Waals surface area (Å²) in [7, 11) is 0. The van der Waals surface area contributed by atoms with Crippen molar-refractivity contribution >= 4 is 5.78 Å². The van der Waals surface area contributed by atoms with Crippen LogP contribution in [0.4, 0.5) is 0 Å². The molecule has 5 nitrogen and oxygen atoms in total. The second-order valence-corrected chi connectivity index (χ2v) is 15.8. The third kappa shape index (κ3) is 3.80. The lowest BCUT2D eigenvalue weighted by Gasteiger charge is -2.63. The first-order valence-electron chi connectivity index (χ1n) is 15.4. The lowest BCUT2D eigenvalue weighted by Crippen LogP contribution is -2.57. The van der Waals surface area contributed by atoms with E-state index < -0.39 is 17.3 Å². The smallest absolute Gasteiger partial charge is 0.161 e. The molecule has 1 heterocycles. The molecule has 0 aromatic rings. The van der Waals surface area contributed by atoms with Crippen LogP contribution in [0.2, 0.25) is 0 Å². The zero-order chi connectivity index (χ0) is 28.1. The van der Waals surface area contributed by atoms with Gasteiger partial charge in [-0.05, 0) is 107 Å². The van der Waals surface area contributed by atoms with E-state index in [2.05, 4.69) is 40.7 Å². The summed E-state index contributed by atoms with van der Waals surface area (Å²) in [4.78, 5) is 12.9. The Kier molecular flexibility index (Phi) is 6.72. The Bertz CT molecular complexity index is 994. The van der Waals surface area contributed by atoms with Gasteiger partial charge in [-0.1, -0.05) is 46.3 Å². The highest BCUT2D eigenvalue weighted by Gasteiger charge is 2.67. The van der Waals surface area contributed by atoms with Gasteiger partial charge >= 0.3 is 0 Å². The standard InChI is InChI=1S/C33H54O5/c1-10-37-26-20(19-33(9,38-26)27(35)29(4,5)36)21-13-17-32(8)23-11-12-24-28(2,3)25(34)15-16-30(24,6)22(23)14-18-31(21,32)7/h11,20-22,24,26-27,35-36H,10,12-19H2,1-9H3. The summed E-state index contributed by atoms with van der Waals surface area (Å²) in [6.45, 7) is 19.8. The number of aliphatic hydroxyl groups excluding tert-OH is 1. The van der Waals surface area contributed by atoms with E-state index in [-0.39, 0.29) is 33.9 Å². The second kappa shape index (κ2) is 8.87. The van der Waals surface area contributed by atoms with Crippen molar-refractivity contribution in [3.63, 3.8) is 0 Å². The van der Waals surface area contributed by atoms with E-state index in [0.29, 0.717) is 36.6 Å². The fourth-order valence-corrected chi connectivity index (χ4v) is 10.8. The Balaban J connectivity index is 1.48. The molecule has 3 saturated carbocycles. The van der Waals surface area contributed by atoms with Crippen molar-refractivity contribution in [2.75, 3.05) is 6.61 Å². The molecule has 38 heavy (non-hydrogen) atoms. The summed E-state index contributed by atoms with van der Waals surface area (Å²) >= 11 is 0. The van der Waals surface area contributed by atoms with E-state index in [0.717, 1.165) is 25.7 Å². The molecule has 10 atom stereocenters. The molecule has 1 saturated heterocycles. The maximum atomic E-state index is 12.9. The number of carbonyl (C=O) groups excluding carboxylic acids is 1. The number of Topliss-reactive ketones (excluding diaryl/α,β-unsaturated/α-hetero) is 1. The maximum Gasteiger partial charge on any atom is 0.161 e. The van der Waals surface area contributed by atoms with Gasteiger partial charge in [-0.2, -0.15) is 0 Å². The average Bonchev–Trinajstić information content (AvgIpc) is 3.29. The lowest BCUT2D eigenvalue weighted by molar-refractivity contribution is -0.227. The van der Waals surface area contributed by atoms with Gasteiger partial charge in [0.2, 0.25) is 0 Å². The van der Waals surface area contributed by atoms with E-state index in [1.54, 1.807) is 19.4 Å².